The second-order valence-electron chi connectivity index (χ2n) is 5.51. The minimum Gasteiger partial charge on any atom is -0.318 e. The van der Waals surface area contributed by atoms with Gasteiger partial charge in [0.25, 0.3) is 0 Å². The zero-order valence-electron chi connectivity index (χ0n) is 11.9. The van der Waals surface area contributed by atoms with Gasteiger partial charge in [0.05, 0.1) is 5.02 Å². The molecule has 1 unspecified atom stereocenters. The maximum atomic E-state index is 6.57. The Bertz CT molecular complexity index is 579. The molecule has 2 heterocycles. The first kappa shape index (κ1) is 14.3. The SMILES string of the molecule is CNCC1CCCCN1Cc1sc2ccccc2c1Cl. The molecule has 1 saturated heterocycles. The molecule has 1 fully saturated rings. The number of piperidine rings is 1. The number of likely N-dealkylation sites (tertiary alicyclic amines) is 1. The summed E-state index contributed by atoms with van der Waals surface area (Å²) in [5, 5.41) is 5.49. The first-order valence-corrected chi connectivity index (χ1v) is 8.53. The van der Waals surface area contributed by atoms with Crippen LogP contribution < -0.4 is 5.32 Å². The lowest BCUT2D eigenvalue weighted by molar-refractivity contribution is 0.140. The second kappa shape index (κ2) is 6.44. The van der Waals surface area contributed by atoms with E-state index in [1.54, 1.807) is 0 Å². The normalized spacial score (nSPS) is 20.6. The van der Waals surface area contributed by atoms with Crippen molar-refractivity contribution in [2.75, 3.05) is 20.1 Å². The van der Waals surface area contributed by atoms with Crippen LogP contribution in [-0.4, -0.2) is 31.1 Å². The highest BCUT2D eigenvalue weighted by atomic mass is 35.5. The molecule has 2 nitrogen and oxygen atoms in total. The molecular weight excluding hydrogens is 288 g/mol. The van der Waals surface area contributed by atoms with Crippen LogP contribution >= 0.6 is 22.9 Å². The van der Waals surface area contributed by atoms with Crippen LogP contribution in [0.15, 0.2) is 24.3 Å². The van der Waals surface area contributed by atoms with Crippen molar-refractivity contribution in [3.05, 3.63) is 34.2 Å². The Hall–Kier alpha value is -0.610. The van der Waals surface area contributed by atoms with Gasteiger partial charge >= 0.3 is 0 Å². The van der Waals surface area contributed by atoms with Crippen molar-refractivity contribution in [3.63, 3.8) is 0 Å². The van der Waals surface area contributed by atoms with Crippen molar-refractivity contribution >= 4 is 33.0 Å². The van der Waals surface area contributed by atoms with Crippen LogP contribution in [0.4, 0.5) is 0 Å². The van der Waals surface area contributed by atoms with Gasteiger partial charge in [-0.25, -0.2) is 0 Å². The predicted octanol–water partition coefficient (Wildman–Crippen LogP) is 4.13. The molecule has 108 valence electrons. The quantitative estimate of drug-likeness (QED) is 0.913. The Kier molecular flexibility index (Phi) is 4.61. The minimum absolute atomic E-state index is 0.648. The van der Waals surface area contributed by atoms with E-state index >= 15 is 0 Å². The van der Waals surface area contributed by atoms with Gasteiger partial charge in [0, 0.05) is 34.1 Å². The van der Waals surface area contributed by atoms with Crippen LogP contribution in [0.2, 0.25) is 5.02 Å². The summed E-state index contributed by atoms with van der Waals surface area (Å²) in [4.78, 5) is 3.91. The number of hydrogen-bond acceptors (Lipinski definition) is 3. The Balaban J connectivity index is 1.82. The average Bonchev–Trinajstić information content (AvgIpc) is 2.79. The molecule has 1 aliphatic rings. The number of likely N-dealkylation sites (N-methyl/N-ethyl adjacent to an activating group) is 1. The predicted molar refractivity (Wildman–Crippen MR) is 88.8 cm³/mol. The average molecular weight is 309 g/mol. The van der Waals surface area contributed by atoms with Crippen LogP contribution in [0.5, 0.6) is 0 Å². The van der Waals surface area contributed by atoms with Gasteiger partial charge in [-0.15, -0.1) is 11.3 Å². The molecule has 0 bridgehead atoms. The fraction of sp³-hybridized carbons (Fsp3) is 0.500. The van der Waals surface area contributed by atoms with Gasteiger partial charge in [0.15, 0.2) is 0 Å². The highest BCUT2D eigenvalue weighted by Gasteiger charge is 2.23. The van der Waals surface area contributed by atoms with Gasteiger partial charge < -0.3 is 5.32 Å². The third-order valence-electron chi connectivity index (χ3n) is 4.14. The van der Waals surface area contributed by atoms with E-state index < -0.39 is 0 Å². The summed E-state index contributed by atoms with van der Waals surface area (Å²) in [5.74, 6) is 0. The first-order chi connectivity index (χ1) is 9.79. The molecular formula is C16H21ClN2S. The molecule has 0 saturated carbocycles. The van der Waals surface area contributed by atoms with E-state index in [1.165, 1.54) is 40.8 Å². The molecule has 1 aromatic heterocycles. The topological polar surface area (TPSA) is 15.3 Å². The van der Waals surface area contributed by atoms with Crippen molar-refractivity contribution in [2.45, 2.75) is 31.8 Å². The van der Waals surface area contributed by atoms with Crippen LogP contribution in [0.1, 0.15) is 24.1 Å². The summed E-state index contributed by atoms with van der Waals surface area (Å²) in [6.07, 6.45) is 3.95. The Morgan fingerprint density at radius 1 is 1.35 bits per heavy atom. The number of halogens is 1. The van der Waals surface area contributed by atoms with E-state index in [0.29, 0.717) is 6.04 Å². The molecule has 0 aliphatic carbocycles. The van der Waals surface area contributed by atoms with E-state index in [-0.39, 0.29) is 0 Å². The summed E-state index contributed by atoms with van der Waals surface area (Å²) in [6, 6.07) is 9.09. The summed E-state index contributed by atoms with van der Waals surface area (Å²) < 4.78 is 1.30. The number of rotatable bonds is 4. The van der Waals surface area contributed by atoms with Crippen LogP contribution in [0.25, 0.3) is 10.1 Å². The molecule has 3 rings (SSSR count). The number of nitrogens with zero attached hydrogens (tertiary/aromatic N) is 1. The lowest BCUT2D eigenvalue weighted by Crippen LogP contribution is -2.44. The van der Waals surface area contributed by atoms with Crippen molar-refractivity contribution in [2.24, 2.45) is 0 Å². The molecule has 4 heteroatoms. The van der Waals surface area contributed by atoms with Gasteiger partial charge in [-0.1, -0.05) is 36.2 Å². The second-order valence-corrected chi connectivity index (χ2v) is 7.03. The molecule has 0 amide bonds. The lowest BCUT2D eigenvalue weighted by atomic mass is 10.0. The van der Waals surface area contributed by atoms with Gasteiger partial charge in [0.2, 0.25) is 0 Å². The van der Waals surface area contributed by atoms with Crippen molar-refractivity contribution in [1.29, 1.82) is 0 Å². The molecule has 0 radical (unpaired) electrons. The summed E-state index contributed by atoms with van der Waals surface area (Å²) >= 11 is 8.41. The number of hydrogen-bond donors (Lipinski definition) is 1. The summed E-state index contributed by atoms with van der Waals surface area (Å²) in [7, 11) is 2.04. The Morgan fingerprint density at radius 2 is 2.20 bits per heavy atom. The number of benzene rings is 1. The van der Waals surface area contributed by atoms with Crippen LogP contribution in [0.3, 0.4) is 0 Å². The lowest BCUT2D eigenvalue weighted by Gasteiger charge is -2.35. The zero-order chi connectivity index (χ0) is 13.9. The molecule has 0 spiro atoms. The largest absolute Gasteiger partial charge is 0.318 e. The molecule has 1 aliphatic heterocycles. The molecule has 1 atom stereocenters. The third kappa shape index (κ3) is 2.86. The van der Waals surface area contributed by atoms with Crippen molar-refractivity contribution < 1.29 is 0 Å². The van der Waals surface area contributed by atoms with Gasteiger partial charge in [-0.2, -0.15) is 0 Å². The van der Waals surface area contributed by atoms with E-state index in [4.69, 9.17) is 11.6 Å². The summed E-state index contributed by atoms with van der Waals surface area (Å²) in [6.45, 7) is 3.25. The monoisotopic (exact) mass is 308 g/mol. The van der Waals surface area contributed by atoms with E-state index in [0.717, 1.165) is 18.1 Å². The maximum absolute atomic E-state index is 6.57. The maximum Gasteiger partial charge on any atom is 0.0637 e. The van der Waals surface area contributed by atoms with E-state index in [2.05, 4.69) is 34.5 Å². The highest BCUT2D eigenvalue weighted by Crippen LogP contribution is 2.36. The fourth-order valence-corrected chi connectivity index (χ4v) is 4.60. The molecule has 20 heavy (non-hydrogen) atoms. The zero-order valence-corrected chi connectivity index (χ0v) is 13.4. The standard InChI is InChI=1S/C16H21ClN2S/c1-18-10-12-6-4-5-9-19(12)11-15-16(17)13-7-2-3-8-14(13)20-15/h2-3,7-8,12,18H,4-6,9-11H2,1H3. The first-order valence-electron chi connectivity index (χ1n) is 7.34. The number of thiophene rings is 1. The third-order valence-corrected chi connectivity index (χ3v) is 5.84. The van der Waals surface area contributed by atoms with Gasteiger partial charge in [-0.3, -0.25) is 4.90 Å². The van der Waals surface area contributed by atoms with E-state index in [9.17, 15) is 0 Å². The van der Waals surface area contributed by atoms with Crippen molar-refractivity contribution in [1.82, 2.24) is 10.2 Å². The van der Waals surface area contributed by atoms with E-state index in [1.807, 2.05) is 18.4 Å². The molecule has 1 aromatic carbocycles. The minimum atomic E-state index is 0.648. The Morgan fingerprint density at radius 3 is 3.00 bits per heavy atom. The van der Waals surface area contributed by atoms with Crippen molar-refractivity contribution in [3.8, 4) is 0 Å². The molecule has 2 aromatic rings. The number of fused-ring (bicyclic) bond motifs is 1. The van der Waals surface area contributed by atoms with Crippen LogP contribution in [0, 0.1) is 0 Å². The Labute approximate surface area is 129 Å². The summed E-state index contributed by atoms with van der Waals surface area (Å²) in [5.41, 5.74) is 0. The number of nitrogens with one attached hydrogen (secondary N) is 1. The fourth-order valence-electron chi connectivity index (χ4n) is 3.09. The van der Waals surface area contributed by atoms with Crippen LogP contribution in [-0.2, 0) is 6.54 Å². The smallest absolute Gasteiger partial charge is 0.0637 e. The highest BCUT2D eigenvalue weighted by molar-refractivity contribution is 7.19. The van der Waals surface area contributed by atoms with Gasteiger partial charge in [0.1, 0.15) is 0 Å². The molecule has 1 N–H and O–H groups in total. The van der Waals surface area contributed by atoms with Gasteiger partial charge in [-0.05, 0) is 32.5 Å².